The van der Waals surface area contributed by atoms with Crippen LogP contribution in [0, 0.1) is 0 Å². The minimum atomic E-state index is -4.83. The first-order valence-electron chi connectivity index (χ1n) is 5.03. The fraction of sp³-hybridized carbons (Fsp3) is 0.0833. The summed E-state index contributed by atoms with van der Waals surface area (Å²) in [5.74, 6) is -0.727. The van der Waals surface area contributed by atoms with Crippen LogP contribution in [0.5, 0.6) is 11.5 Å². The highest BCUT2D eigenvalue weighted by Crippen LogP contribution is 2.35. The molecule has 100 valence electrons. The van der Waals surface area contributed by atoms with Gasteiger partial charge >= 0.3 is 6.36 Å². The van der Waals surface area contributed by atoms with Crippen LogP contribution in [-0.4, -0.2) is 17.8 Å². The van der Waals surface area contributed by atoms with Crippen LogP contribution in [0.3, 0.4) is 0 Å². The Kier molecular flexibility index (Phi) is 3.20. The molecule has 0 unspecified atom stereocenters. The number of carbonyl (C=O) groups is 1. The number of aldehydes is 1. The molecule has 19 heavy (non-hydrogen) atoms. The van der Waals surface area contributed by atoms with Crippen LogP contribution in [-0.2, 0) is 0 Å². The van der Waals surface area contributed by atoms with E-state index < -0.39 is 12.1 Å². The summed E-state index contributed by atoms with van der Waals surface area (Å²) in [5, 5.41) is 9.58. The van der Waals surface area contributed by atoms with Gasteiger partial charge in [0.15, 0.2) is 12.0 Å². The zero-order chi connectivity index (χ0) is 14.0. The highest BCUT2D eigenvalue weighted by Gasteiger charge is 2.31. The second kappa shape index (κ2) is 4.68. The van der Waals surface area contributed by atoms with E-state index >= 15 is 0 Å². The number of phenols is 1. The Bertz CT molecular complexity index is 601. The molecule has 0 aliphatic carbocycles. The van der Waals surface area contributed by atoms with Crippen LogP contribution < -0.4 is 4.74 Å². The molecule has 1 aromatic heterocycles. The molecule has 0 aliphatic heterocycles. The number of hydrogen-bond acceptors (Lipinski definition) is 4. The molecule has 0 spiro atoms. The Morgan fingerprint density at radius 3 is 2.53 bits per heavy atom. The van der Waals surface area contributed by atoms with Gasteiger partial charge in [-0.3, -0.25) is 4.79 Å². The second-order valence-corrected chi connectivity index (χ2v) is 3.55. The third-order valence-electron chi connectivity index (χ3n) is 2.21. The number of ether oxygens (including phenoxy) is 1. The summed E-state index contributed by atoms with van der Waals surface area (Å²) in [4.78, 5) is 10.5. The number of benzene rings is 1. The molecular weight excluding hydrogens is 265 g/mol. The topological polar surface area (TPSA) is 59.7 Å². The van der Waals surface area contributed by atoms with Gasteiger partial charge in [0, 0.05) is 0 Å². The van der Waals surface area contributed by atoms with Gasteiger partial charge in [0.25, 0.3) is 0 Å². The molecule has 2 aromatic rings. The lowest BCUT2D eigenvalue weighted by Gasteiger charge is -2.10. The van der Waals surface area contributed by atoms with Gasteiger partial charge in [0.1, 0.15) is 17.3 Å². The van der Waals surface area contributed by atoms with Gasteiger partial charge in [-0.15, -0.1) is 13.2 Å². The number of alkyl halides is 3. The van der Waals surface area contributed by atoms with E-state index in [-0.39, 0.29) is 22.8 Å². The summed E-state index contributed by atoms with van der Waals surface area (Å²) in [7, 11) is 0. The lowest BCUT2D eigenvalue weighted by Crippen LogP contribution is -2.17. The fourth-order valence-corrected chi connectivity index (χ4v) is 1.47. The second-order valence-electron chi connectivity index (χ2n) is 3.55. The SMILES string of the molecule is O=Cc1ccc(-c2cc(OC(F)(F)F)ccc2O)o1. The van der Waals surface area contributed by atoms with Crippen molar-refractivity contribution in [3.8, 4) is 22.8 Å². The fourth-order valence-electron chi connectivity index (χ4n) is 1.47. The van der Waals surface area contributed by atoms with Crippen molar-refractivity contribution in [1.82, 2.24) is 0 Å². The monoisotopic (exact) mass is 272 g/mol. The Labute approximate surface area is 105 Å². The van der Waals surface area contributed by atoms with Gasteiger partial charge in [0.2, 0.25) is 0 Å². The molecule has 1 N–H and O–H groups in total. The normalized spacial score (nSPS) is 11.3. The van der Waals surface area contributed by atoms with Gasteiger partial charge in [0.05, 0.1) is 5.56 Å². The number of phenolic OH excluding ortho intramolecular Hbond substituents is 1. The third kappa shape index (κ3) is 3.06. The lowest BCUT2D eigenvalue weighted by molar-refractivity contribution is -0.274. The first kappa shape index (κ1) is 13.0. The Morgan fingerprint density at radius 2 is 1.95 bits per heavy atom. The van der Waals surface area contributed by atoms with Gasteiger partial charge in [-0.2, -0.15) is 0 Å². The summed E-state index contributed by atoms with van der Waals surface area (Å²) >= 11 is 0. The standard InChI is InChI=1S/C12H7F3O4/c13-12(14,15)19-7-1-3-10(17)9(5-7)11-4-2-8(6-16)18-11/h1-6,17H. The molecule has 0 atom stereocenters. The van der Waals surface area contributed by atoms with E-state index in [9.17, 15) is 23.1 Å². The summed E-state index contributed by atoms with van der Waals surface area (Å²) in [6, 6.07) is 5.67. The van der Waals surface area contributed by atoms with Gasteiger partial charge in [-0.05, 0) is 30.3 Å². The molecule has 1 heterocycles. The maximum atomic E-state index is 12.1. The molecule has 2 rings (SSSR count). The molecular formula is C12H7F3O4. The summed E-state index contributed by atoms with van der Waals surface area (Å²) in [6.45, 7) is 0. The van der Waals surface area contributed by atoms with Gasteiger partial charge in [-0.25, -0.2) is 0 Å². The minimum Gasteiger partial charge on any atom is -0.507 e. The minimum absolute atomic E-state index is 0.00320. The number of hydrogen-bond donors (Lipinski definition) is 1. The van der Waals surface area contributed by atoms with Crippen LogP contribution in [0.1, 0.15) is 10.6 Å². The Morgan fingerprint density at radius 1 is 1.21 bits per heavy atom. The van der Waals surface area contributed by atoms with E-state index in [0.29, 0.717) is 6.29 Å². The summed E-state index contributed by atoms with van der Waals surface area (Å²) in [6.07, 6.45) is -4.39. The molecule has 0 saturated carbocycles. The van der Waals surface area contributed by atoms with Gasteiger partial charge < -0.3 is 14.3 Å². The van der Waals surface area contributed by atoms with Crippen molar-refractivity contribution in [2.75, 3.05) is 0 Å². The van der Waals surface area contributed by atoms with E-state index in [1.54, 1.807) is 0 Å². The van der Waals surface area contributed by atoms with E-state index in [0.717, 1.165) is 18.2 Å². The molecule has 0 fully saturated rings. The summed E-state index contributed by atoms with van der Waals surface area (Å²) < 4.78 is 45.0. The van der Waals surface area contributed by atoms with Gasteiger partial charge in [-0.1, -0.05) is 0 Å². The molecule has 1 aromatic carbocycles. The molecule has 7 heteroatoms. The molecule has 0 saturated heterocycles. The average Bonchev–Trinajstić information content (AvgIpc) is 2.78. The van der Waals surface area contributed by atoms with Crippen molar-refractivity contribution in [2.24, 2.45) is 0 Å². The van der Waals surface area contributed by atoms with Crippen LogP contribution >= 0.6 is 0 Å². The predicted octanol–water partition coefficient (Wildman–Crippen LogP) is 3.36. The quantitative estimate of drug-likeness (QED) is 0.870. The van der Waals surface area contributed by atoms with Crippen molar-refractivity contribution in [3.05, 3.63) is 36.1 Å². The first-order chi connectivity index (χ1) is 8.89. The van der Waals surface area contributed by atoms with E-state index in [1.807, 2.05) is 0 Å². The number of furan rings is 1. The van der Waals surface area contributed by atoms with Crippen LogP contribution in [0.15, 0.2) is 34.7 Å². The van der Waals surface area contributed by atoms with Crippen molar-refractivity contribution in [3.63, 3.8) is 0 Å². The number of rotatable bonds is 3. The molecule has 0 bridgehead atoms. The zero-order valence-electron chi connectivity index (χ0n) is 9.27. The third-order valence-corrected chi connectivity index (χ3v) is 2.21. The highest BCUT2D eigenvalue weighted by atomic mass is 19.4. The highest BCUT2D eigenvalue weighted by molar-refractivity contribution is 5.74. The maximum Gasteiger partial charge on any atom is 0.573 e. The van der Waals surface area contributed by atoms with E-state index in [1.165, 1.54) is 12.1 Å². The average molecular weight is 272 g/mol. The number of halogens is 3. The zero-order valence-corrected chi connectivity index (χ0v) is 9.27. The number of carbonyl (C=O) groups excluding carboxylic acids is 1. The summed E-state index contributed by atoms with van der Waals surface area (Å²) in [5.41, 5.74) is -0.00477. The molecule has 0 radical (unpaired) electrons. The Balaban J connectivity index is 2.39. The predicted molar refractivity (Wildman–Crippen MR) is 57.9 cm³/mol. The molecule has 4 nitrogen and oxygen atoms in total. The van der Waals surface area contributed by atoms with Crippen molar-refractivity contribution >= 4 is 6.29 Å². The first-order valence-corrected chi connectivity index (χ1v) is 5.03. The maximum absolute atomic E-state index is 12.1. The number of aromatic hydroxyl groups is 1. The van der Waals surface area contributed by atoms with Crippen LogP contribution in [0.4, 0.5) is 13.2 Å². The van der Waals surface area contributed by atoms with E-state index in [2.05, 4.69) is 4.74 Å². The lowest BCUT2D eigenvalue weighted by atomic mass is 10.1. The molecule has 0 aliphatic rings. The largest absolute Gasteiger partial charge is 0.573 e. The smallest absolute Gasteiger partial charge is 0.507 e. The van der Waals surface area contributed by atoms with Crippen molar-refractivity contribution < 1.29 is 32.2 Å². The van der Waals surface area contributed by atoms with Crippen LogP contribution in [0.25, 0.3) is 11.3 Å². The van der Waals surface area contributed by atoms with Crippen LogP contribution in [0.2, 0.25) is 0 Å². The van der Waals surface area contributed by atoms with Crippen molar-refractivity contribution in [2.45, 2.75) is 6.36 Å². The molecule has 0 amide bonds. The Hall–Kier alpha value is -2.44. The van der Waals surface area contributed by atoms with E-state index in [4.69, 9.17) is 4.42 Å². The van der Waals surface area contributed by atoms with Crippen molar-refractivity contribution in [1.29, 1.82) is 0 Å².